The lowest BCUT2D eigenvalue weighted by atomic mass is 10.1. The van der Waals surface area contributed by atoms with Crippen LogP contribution in [0.1, 0.15) is 17.4 Å². The van der Waals surface area contributed by atoms with E-state index >= 15 is 0 Å². The molecule has 0 atom stereocenters. The summed E-state index contributed by atoms with van der Waals surface area (Å²) in [5, 5.41) is 10.1. The third kappa shape index (κ3) is 4.11. The van der Waals surface area contributed by atoms with Gasteiger partial charge >= 0.3 is 5.97 Å². The molecular formula is C18H22N2O4S. The molecule has 1 aliphatic rings. The van der Waals surface area contributed by atoms with Crippen molar-refractivity contribution in [1.82, 2.24) is 4.98 Å². The number of carboxylic acids is 1. The first-order chi connectivity index (χ1) is 12.1. The Labute approximate surface area is 151 Å². The maximum absolute atomic E-state index is 11.3. The number of ether oxygens (including phenoxy) is 2. The van der Waals surface area contributed by atoms with Crippen molar-refractivity contribution in [3.05, 3.63) is 28.6 Å². The van der Waals surface area contributed by atoms with Gasteiger partial charge in [0.25, 0.3) is 0 Å². The van der Waals surface area contributed by atoms with Crippen molar-refractivity contribution < 1.29 is 19.4 Å². The molecule has 0 bridgehead atoms. The van der Waals surface area contributed by atoms with Gasteiger partial charge in [0, 0.05) is 23.5 Å². The topological polar surface area (TPSA) is 71.9 Å². The summed E-state index contributed by atoms with van der Waals surface area (Å²) in [4.78, 5) is 19.0. The van der Waals surface area contributed by atoms with Gasteiger partial charge in [0.15, 0.2) is 5.13 Å². The monoisotopic (exact) mass is 362 g/mol. The van der Waals surface area contributed by atoms with Gasteiger partial charge in [-0.05, 0) is 37.6 Å². The average Bonchev–Trinajstić information content (AvgIpc) is 3.01. The summed E-state index contributed by atoms with van der Waals surface area (Å²) in [6.07, 6.45) is -0.0242. The van der Waals surface area contributed by atoms with Crippen molar-refractivity contribution in [3.63, 3.8) is 0 Å². The maximum atomic E-state index is 11.3. The van der Waals surface area contributed by atoms with Crippen LogP contribution in [0.5, 0.6) is 5.75 Å². The number of aromatic nitrogens is 1. The van der Waals surface area contributed by atoms with E-state index in [1.54, 1.807) is 0 Å². The van der Waals surface area contributed by atoms with E-state index in [4.69, 9.17) is 14.5 Å². The number of thiazole rings is 1. The molecule has 2 aromatic rings. The molecule has 1 aromatic carbocycles. The van der Waals surface area contributed by atoms with Crippen LogP contribution in [0.4, 0.5) is 5.13 Å². The predicted molar refractivity (Wildman–Crippen MR) is 97.8 cm³/mol. The Morgan fingerprint density at radius 2 is 2.16 bits per heavy atom. The number of aliphatic carboxylic acids is 1. The van der Waals surface area contributed by atoms with Gasteiger partial charge in [0.2, 0.25) is 0 Å². The van der Waals surface area contributed by atoms with Crippen LogP contribution in [-0.2, 0) is 16.0 Å². The highest BCUT2D eigenvalue weighted by molar-refractivity contribution is 7.16. The Morgan fingerprint density at radius 3 is 2.80 bits per heavy atom. The molecule has 0 radical (unpaired) electrons. The molecule has 6 nitrogen and oxygen atoms in total. The quantitative estimate of drug-likeness (QED) is 0.852. The fraction of sp³-hybridized carbons (Fsp3) is 0.444. The molecule has 0 spiro atoms. The van der Waals surface area contributed by atoms with Crippen molar-refractivity contribution in [2.45, 2.75) is 20.3 Å². The minimum atomic E-state index is -0.846. The summed E-state index contributed by atoms with van der Waals surface area (Å²) in [5.74, 6) is -0.00393. The average molecular weight is 362 g/mol. The van der Waals surface area contributed by atoms with Crippen molar-refractivity contribution in [2.75, 3.05) is 37.8 Å². The number of aryl methyl sites for hydroxylation is 1. The normalized spacial score (nSPS) is 14.6. The first-order valence-corrected chi connectivity index (χ1v) is 9.18. The van der Waals surface area contributed by atoms with Gasteiger partial charge < -0.3 is 19.5 Å². The zero-order chi connectivity index (χ0) is 17.8. The smallest absolute Gasteiger partial charge is 0.308 e. The van der Waals surface area contributed by atoms with Crippen LogP contribution in [0.25, 0.3) is 11.3 Å². The molecule has 0 unspecified atom stereocenters. The van der Waals surface area contributed by atoms with Crippen LogP contribution in [0.15, 0.2) is 18.2 Å². The Morgan fingerprint density at radius 1 is 1.40 bits per heavy atom. The first-order valence-electron chi connectivity index (χ1n) is 8.36. The van der Waals surface area contributed by atoms with E-state index < -0.39 is 5.97 Å². The summed E-state index contributed by atoms with van der Waals surface area (Å²) in [7, 11) is 0. The molecule has 134 valence electrons. The molecule has 1 fully saturated rings. The lowest BCUT2D eigenvalue weighted by molar-refractivity contribution is -0.136. The molecule has 1 N–H and O–H groups in total. The summed E-state index contributed by atoms with van der Waals surface area (Å²) < 4.78 is 11.0. The second kappa shape index (κ2) is 7.84. The summed E-state index contributed by atoms with van der Waals surface area (Å²) >= 11 is 1.46. The largest absolute Gasteiger partial charge is 0.494 e. The fourth-order valence-corrected chi connectivity index (χ4v) is 3.95. The molecule has 3 rings (SSSR count). The number of hydrogen-bond donors (Lipinski definition) is 1. The lowest BCUT2D eigenvalue weighted by Crippen LogP contribution is -2.36. The molecule has 25 heavy (non-hydrogen) atoms. The minimum Gasteiger partial charge on any atom is -0.494 e. The molecule has 1 aliphatic heterocycles. The van der Waals surface area contributed by atoms with Gasteiger partial charge in [-0.3, -0.25) is 4.79 Å². The summed E-state index contributed by atoms with van der Waals surface area (Å²) in [6, 6.07) is 5.88. The highest BCUT2D eigenvalue weighted by Gasteiger charge is 2.21. The minimum absolute atomic E-state index is 0.0242. The van der Waals surface area contributed by atoms with Crippen LogP contribution in [0, 0.1) is 6.92 Å². The molecule has 1 saturated heterocycles. The SMILES string of the molecule is CCOc1ccc(-c2nc(N3CCOCC3)sc2CC(=O)O)cc1C. The number of carbonyl (C=O) groups is 1. The molecule has 2 heterocycles. The number of anilines is 1. The Balaban J connectivity index is 1.96. The molecule has 0 amide bonds. The van der Waals surface area contributed by atoms with Crippen molar-refractivity contribution >= 4 is 22.4 Å². The van der Waals surface area contributed by atoms with Crippen LogP contribution in [0.3, 0.4) is 0 Å². The number of nitrogens with zero attached hydrogens (tertiary/aromatic N) is 2. The molecular weight excluding hydrogens is 340 g/mol. The van der Waals surface area contributed by atoms with Crippen LogP contribution in [-0.4, -0.2) is 49.0 Å². The first kappa shape index (κ1) is 17.7. The van der Waals surface area contributed by atoms with Gasteiger partial charge in [0.1, 0.15) is 5.75 Å². The summed E-state index contributed by atoms with van der Waals surface area (Å²) in [6.45, 7) is 7.45. The van der Waals surface area contributed by atoms with E-state index in [1.807, 2.05) is 32.0 Å². The van der Waals surface area contributed by atoms with Gasteiger partial charge in [0.05, 0.1) is 31.9 Å². The molecule has 0 saturated carbocycles. The molecule has 1 aromatic heterocycles. The van der Waals surface area contributed by atoms with Crippen molar-refractivity contribution in [3.8, 4) is 17.0 Å². The van der Waals surface area contributed by atoms with Crippen LogP contribution < -0.4 is 9.64 Å². The number of hydrogen-bond acceptors (Lipinski definition) is 6. The standard InChI is InChI=1S/C18H22N2O4S/c1-3-24-14-5-4-13(10-12(14)2)17-15(11-16(21)22)25-18(19-17)20-6-8-23-9-7-20/h4-5,10H,3,6-9,11H2,1-2H3,(H,21,22). The van der Waals surface area contributed by atoms with Crippen molar-refractivity contribution in [2.24, 2.45) is 0 Å². The zero-order valence-corrected chi connectivity index (χ0v) is 15.3. The van der Waals surface area contributed by atoms with Gasteiger partial charge in [-0.25, -0.2) is 4.98 Å². The van der Waals surface area contributed by atoms with Crippen LogP contribution >= 0.6 is 11.3 Å². The fourth-order valence-electron chi connectivity index (χ4n) is 2.83. The predicted octanol–water partition coefficient (Wildman–Crippen LogP) is 2.98. The summed E-state index contributed by atoms with van der Waals surface area (Å²) in [5.41, 5.74) is 2.69. The van der Waals surface area contributed by atoms with E-state index in [0.717, 1.165) is 45.7 Å². The number of carboxylic acid groups (broad SMARTS) is 1. The third-order valence-corrected chi connectivity index (χ3v) is 5.14. The molecule has 7 heteroatoms. The second-order valence-electron chi connectivity index (χ2n) is 5.85. The van der Waals surface area contributed by atoms with Gasteiger partial charge in [-0.15, -0.1) is 11.3 Å². The highest BCUT2D eigenvalue weighted by atomic mass is 32.1. The van der Waals surface area contributed by atoms with E-state index in [-0.39, 0.29) is 6.42 Å². The third-order valence-electron chi connectivity index (χ3n) is 4.03. The van der Waals surface area contributed by atoms with E-state index in [1.165, 1.54) is 11.3 Å². The van der Waals surface area contributed by atoms with E-state index in [9.17, 15) is 9.90 Å². The van der Waals surface area contributed by atoms with Gasteiger partial charge in [-0.2, -0.15) is 0 Å². The van der Waals surface area contributed by atoms with Crippen molar-refractivity contribution in [1.29, 1.82) is 0 Å². The number of rotatable bonds is 6. The Bertz CT molecular complexity index is 754. The number of morpholine rings is 1. The zero-order valence-electron chi connectivity index (χ0n) is 14.4. The van der Waals surface area contributed by atoms with E-state index in [2.05, 4.69) is 4.90 Å². The maximum Gasteiger partial charge on any atom is 0.308 e. The van der Waals surface area contributed by atoms with E-state index in [0.29, 0.717) is 19.8 Å². The Kier molecular flexibility index (Phi) is 5.55. The molecule has 0 aliphatic carbocycles. The second-order valence-corrected chi connectivity index (χ2v) is 6.91. The van der Waals surface area contributed by atoms with Crippen LogP contribution in [0.2, 0.25) is 0 Å². The Hall–Kier alpha value is -2.12. The van der Waals surface area contributed by atoms with Gasteiger partial charge in [-0.1, -0.05) is 0 Å². The number of benzene rings is 1. The highest BCUT2D eigenvalue weighted by Crippen LogP contribution is 2.35. The lowest BCUT2D eigenvalue weighted by Gasteiger charge is -2.26.